The Labute approximate surface area is 113 Å². The van der Waals surface area contributed by atoms with Crippen LogP contribution in [0.4, 0.5) is 4.39 Å². The van der Waals surface area contributed by atoms with Crippen molar-refractivity contribution in [1.29, 1.82) is 0 Å². The second kappa shape index (κ2) is 5.99. The van der Waals surface area contributed by atoms with Crippen molar-refractivity contribution < 1.29 is 13.9 Å². The van der Waals surface area contributed by atoms with Gasteiger partial charge < -0.3 is 15.2 Å². The normalized spacial score (nSPS) is 18.3. The van der Waals surface area contributed by atoms with E-state index in [4.69, 9.17) is 15.2 Å². The molecule has 1 atom stereocenters. The van der Waals surface area contributed by atoms with Gasteiger partial charge in [-0.25, -0.2) is 4.39 Å². The predicted octanol–water partition coefficient (Wildman–Crippen LogP) is 2.92. The molecule has 0 saturated heterocycles. The van der Waals surface area contributed by atoms with Crippen LogP contribution in [0.25, 0.3) is 0 Å². The molecule has 1 fully saturated rings. The lowest BCUT2D eigenvalue weighted by Crippen LogP contribution is -2.33. The summed E-state index contributed by atoms with van der Waals surface area (Å²) >= 11 is 0. The number of ether oxygens (including phenoxy) is 2. The van der Waals surface area contributed by atoms with Crippen LogP contribution < -0.4 is 5.73 Å². The van der Waals surface area contributed by atoms with E-state index in [9.17, 15) is 4.39 Å². The van der Waals surface area contributed by atoms with Gasteiger partial charge in [0.25, 0.3) is 0 Å². The molecule has 4 heteroatoms. The highest BCUT2D eigenvalue weighted by Crippen LogP contribution is 2.39. The Morgan fingerprint density at radius 2 is 2.16 bits per heavy atom. The highest BCUT2D eigenvalue weighted by molar-refractivity contribution is 5.29. The molecule has 1 saturated carbocycles. The van der Waals surface area contributed by atoms with Gasteiger partial charge in [-0.05, 0) is 30.9 Å². The number of methoxy groups -OCH3 is 1. The van der Waals surface area contributed by atoms with Crippen molar-refractivity contribution in [2.45, 2.75) is 38.3 Å². The molecule has 106 valence electrons. The first-order valence-electron chi connectivity index (χ1n) is 6.67. The van der Waals surface area contributed by atoms with Crippen molar-refractivity contribution in [3.63, 3.8) is 0 Å². The van der Waals surface area contributed by atoms with E-state index in [-0.39, 0.29) is 19.2 Å². The van der Waals surface area contributed by atoms with Crippen molar-refractivity contribution in [3.8, 4) is 0 Å². The third-order valence-corrected chi connectivity index (χ3v) is 3.58. The summed E-state index contributed by atoms with van der Waals surface area (Å²) in [5.74, 6) is 0.448. The van der Waals surface area contributed by atoms with E-state index < -0.39 is 5.54 Å². The number of benzene rings is 1. The number of hydrogen-bond donors (Lipinski definition) is 1. The van der Waals surface area contributed by atoms with Crippen LogP contribution in [-0.2, 0) is 21.6 Å². The molecule has 0 bridgehead atoms. The Balaban J connectivity index is 2.04. The highest BCUT2D eigenvalue weighted by atomic mass is 19.1. The van der Waals surface area contributed by atoms with Gasteiger partial charge in [0.15, 0.2) is 0 Å². The highest BCUT2D eigenvalue weighted by Gasteiger charge is 2.32. The van der Waals surface area contributed by atoms with Crippen LogP contribution in [0.5, 0.6) is 0 Å². The smallest absolute Gasteiger partial charge is 0.146 e. The van der Waals surface area contributed by atoms with Crippen molar-refractivity contribution in [3.05, 3.63) is 35.1 Å². The third-order valence-electron chi connectivity index (χ3n) is 3.58. The third kappa shape index (κ3) is 4.00. The molecule has 1 aliphatic rings. The standard InChI is InChI=1S/C15H22FNO2/c1-15(17,8-11-3-4-11)13-6-5-12(14(16)7-13)9-19-10-18-2/h5-7,11H,3-4,8-10,17H2,1-2H3. The molecule has 1 aliphatic carbocycles. The summed E-state index contributed by atoms with van der Waals surface area (Å²) in [6, 6.07) is 5.18. The van der Waals surface area contributed by atoms with E-state index >= 15 is 0 Å². The average Bonchev–Trinajstić information content (AvgIpc) is 3.14. The fourth-order valence-corrected chi connectivity index (χ4v) is 2.29. The molecule has 2 N–H and O–H groups in total. The second-order valence-electron chi connectivity index (χ2n) is 5.63. The van der Waals surface area contributed by atoms with Crippen LogP contribution in [0, 0.1) is 11.7 Å². The van der Waals surface area contributed by atoms with Crippen LogP contribution in [0.1, 0.15) is 37.3 Å². The molecule has 0 heterocycles. The van der Waals surface area contributed by atoms with Crippen LogP contribution in [0.3, 0.4) is 0 Å². The van der Waals surface area contributed by atoms with Gasteiger partial charge in [0.05, 0.1) is 6.61 Å². The van der Waals surface area contributed by atoms with E-state index in [2.05, 4.69) is 0 Å². The zero-order chi connectivity index (χ0) is 13.9. The summed E-state index contributed by atoms with van der Waals surface area (Å²) in [5.41, 5.74) is 7.24. The number of rotatable bonds is 7. The number of hydrogen-bond acceptors (Lipinski definition) is 3. The van der Waals surface area contributed by atoms with Crippen molar-refractivity contribution in [1.82, 2.24) is 0 Å². The van der Waals surface area contributed by atoms with E-state index in [0.29, 0.717) is 11.5 Å². The predicted molar refractivity (Wildman–Crippen MR) is 71.9 cm³/mol. The van der Waals surface area contributed by atoms with E-state index in [1.54, 1.807) is 6.07 Å². The van der Waals surface area contributed by atoms with Gasteiger partial charge in [0.2, 0.25) is 0 Å². The number of nitrogens with two attached hydrogens (primary N) is 1. The van der Waals surface area contributed by atoms with Gasteiger partial charge in [0, 0.05) is 18.2 Å². The van der Waals surface area contributed by atoms with Gasteiger partial charge >= 0.3 is 0 Å². The van der Waals surface area contributed by atoms with E-state index in [1.807, 2.05) is 13.0 Å². The molecule has 1 aromatic rings. The van der Waals surface area contributed by atoms with E-state index in [0.717, 1.165) is 12.0 Å². The summed E-state index contributed by atoms with van der Waals surface area (Å²) in [6.45, 7) is 2.35. The first-order chi connectivity index (χ1) is 9.03. The largest absolute Gasteiger partial charge is 0.359 e. The zero-order valence-electron chi connectivity index (χ0n) is 11.6. The van der Waals surface area contributed by atoms with Gasteiger partial charge in [-0.2, -0.15) is 0 Å². The fraction of sp³-hybridized carbons (Fsp3) is 0.600. The second-order valence-corrected chi connectivity index (χ2v) is 5.63. The Morgan fingerprint density at radius 3 is 2.74 bits per heavy atom. The summed E-state index contributed by atoms with van der Waals surface area (Å²) in [4.78, 5) is 0. The first kappa shape index (κ1) is 14.4. The Bertz CT molecular complexity index is 430. The maximum absolute atomic E-state index is 14.0. The molecule has 0 spiro atoms. The van der Waals surface area contributed by atoms with Crippen molar-refractivity contribution in [2.24, 2.45) is 11.7 Å². The number of halogens is 1. The van der Waals surface area contributed by atoms with Crippen molar-refractivity contribution in [2.75, 3.05) is 13.9 Å². The minimum atomic E-state index is -0.450. The zero-order valence-corrected chi connectivity index (χ0v) is 11.6. The maximum atomic E-state index is 14.0. The summed E-state index contributed by atoms with van der Waals surface area (Å²) in [7, 11) is 1.54. The van der Waals surface area contributed by atoms with Gasteiger partial charge in [-0.3, -0.25) is 0 Å². The first-order valence-corrected chi connectivity index (χ1v) is 6.67. The molecule has 1 unspecified atom stereocenters. The van der Waals surface area contributed by atoms with Gasteiger partial charge in [0.1, 0.15) is 12.6 Å². The van der Waals surface area contributed by atoms with Crippen LogP contribution in [0.2, 0.25) is 0 Å². The molecule has 0 amide bonds. The molecule has 0 aromatic heterocycles. The lowest BCUT2D eigenvalue weighted by molar-refractivity contribution is -0.0398. The van der Waals surface area contributed by atoms with Crippen LogP contribution >= 0.6 is 0 Å². The molecular weight excluding hydrogens is 245 g/mol. The molecule has 19 heavy (non-hydrogen) atoms. The topological polar surface area (TPSA) is 44.5 Å². The minimum absolute atomic E-state index is 0.164. The Kier molecular flexibility index (Phi) is 4.55. The molecule has 3 nitrogen and oxygen atoms in total. The quantitative estimate of drug-likeness (QED) is 0.610. The fourth-order valence-electron chi connectivity index (χ4n) is 2.29. The van der Waals surface area contributed by atoms with E-state index in [1.165, 1.54) is 26.0 Å². The lowest BCUT2D eigenvalue weighted by Gasteiger charge is -2.25. The van der Waals surface area contributed by atoms with Crippen LogP contribution in [-0.4, -0.2) is 13.9 Å². The van der Waals surface area contributed by atoms with Gasteiger partial charge in [-0.15, -0.1) is 0 Å². The van der Waals surface area contributed by atoms with Crippen LogP contribution in [0.15, 0.2) is 18.2 Å². The minimum Gasteiger partial charge on any atom is -0.359 e. The lowest BCUT2D eigenvalue weighted by atomic mass is 9.87. The molecule has 1 aromatic carbocycles. The van der Waals surface area contributed by atoms with Gasteiger partial charge in [-0.1, -0.05) is 25.0 Å². The Morgan fingerprint density at radius 1 is 1.42 bits per heavy atom. The summed E-state index contributed by atoms with van der Waals surface area (Å²) in [6.07, 6.45) is 3.42. The molecule has 0 radical (unpaired) electrons. The summed E-state index contributed by atoms with van der Waals surface area (Å²) in [5, 5.41) is 0. The molecule has 2 rings (SSSR count). The molecule has 0 aliphatic heterocycles. The average molecular weight is 267 g/mol. The molecular formula is C15H22FNO2. The van der Waals surface area contributed by atoms with Crippen molar-refractivity contribution >= 4 is 0 Å². The summed E-state index contributed by atoms with van der Waals surface area (Å²) < 4.78 is 23.9. The monoisotopic (exact) mass is 267 g/mol. The Hall–Kier alpha value is -0.970. The SMILES string of the molecule is COCOCc1ccc(C(C)(N)CC2CC2)cc1F. The maximum Gasteiger partial charge on any atom is 0.146 e.